The van der Waals surface area contributed by atoms with Crippen LogP contribution in [0.5, 0.6) is 0 Å². The normalized spacial score (nSPS) is 6.14. The van der Waals surface area contributed by atoms with Crippen molar-refractivity contribution < 1.29 is 20.0 Å². The van der Waals surface area contributed by atoms with E-state index < -0.39 is 5.97 Å². The van der Waals surface area contributed by atoms with Gasteiger partial charge < -0.3 is 5.11 Å². The number of carbonyl (C=O) groups is 1. The summed E-state index contributed by atoms with van der Waals surface area (Å²) in [7, 11) is 1.18. The maximum atomic E-state index is 9.00. The zero-order chi connectivity index (χ0) is 6.28. The average Bonchev–Trinajstić information content (AvgIpc) is 1.33. The SMILES string of the molecule is CC(=O)O.COO. The van der Waals surface area contributed by atoms with Crippen molar-refractivity contribution in [2.75, 3.05) is 7.11 Å². The number of hydrogen-bond acceptors (Lipinski definition) is 3. The van der Waals surface area contributed by atoms with Gasteiger partial charge >= 0.3 is 0 Å². The van der Waals surface area contributed by atoms with E-state index in [1.165, 1.54) is 7.11 Å². The summed E-state index contributed by atoms with van der Waals surface area (Å²) >= 11 is 0. The van der Waals surface area contributed by atoms with Crippen LogP contribution in [0.3, 0.4) is 0 Å². The number of carboxylic acid groups (broad SMARTS) is 1. The van der Waals surface area contributed by atoms with E-state index in [1.54, 1.807) is 0 Å². The summed E-state index contributed by atoms with van der Waals surface area (Å²) < 4.78 is 0. The molecule has 0 radical (unpaired) electrons. The molecule has 0 aliphatic heterocycles. The van der Waals surface area contributed by atoms with Gasteiger partial charge in [0.15, 0.2) is 0 Å². The molecule has 0 bridgehead atoms. The molecule has 4 heteroatoms. The predicted octanol–water partition coefficient (Wildman–Crippen LogP) is 0.197. The smallest absolute Gasteiger partial charge is 0.300 e. The van der Waals surface area contributed by atoms with Crippen LogP contribution in [-0.2, 0) is 9.68 Å². The molecule has 0 rings (SSSR count). The lowest BCUT2D eigenvalue weighted by atomic mass is 10.9. The van der Waals surface area contributed by atoms with Gasteiger partial charge in [0, 0.05) is 6.92 Å². The summed E-state index contributed by atoms with van der Waals surface area (Å²) in [6, 6.07) is 0. The highest BCUT2D eigenvalue weighted by molar-refractivity contribution is 5.62. The van der Waals surface area contributed by atoms with E-state index in [0.717, 1.165) is 6.92 Å². The van der Waals surface area contributed by atoms with Crippen LogP contribution in [0.15, 0.2) is 0 Å². The molecular weight excluding hydrogens is 100 g/mol. The molecule has 0 aliphatic carbocycles. The van der Waals surface area contributed by atoms with Crippen molar-refractivity contribution in [2.24, 2.45) is 0 Å². The second kappa shape index (κ2) is 9.04. The fourth-order valence-electron chi connectivity index (χ4n) is 0. The highest BCUT2D eigenvalue weighted by atomic mass is 17.1. The first-order valence-corrected chi connectivity index (χ1v) is 1.52. The summed E-state index contributed by atoms with van der Waals surface area (Å²) in [5.41, 5.74) is 0. The molecular formula is C3H8O4. The Morgan fingerprint density at radius 1 is 1.71 bits per heavy atom. The van der Waals surface area contributed by atoms with Gasteiger partial charge in [-0.15, -0.1) is 0 Å². The van der Waals surface area contributed by atoms with Gasteiger partial charge in [-0.25, -0.2) is 4.89 Å². The standard InChI is InChI=1S/C2H4O2.CH4O2/c1-2(3)4;1-3-2/h1H3,(H,3,4);2H,1H3. The lowest BCUT2D eigenvalue weighted by molar-refractivity contribution is -0.214. The minimum Gasteiger partial charge on any atom is -0.481 e. The molecule has 0 aromatic heterocycles. The number of aliphatic carboxylic acids is 1. The minimum atomic E-state index is -0.833. The van der Waals surface area contributed by atoms with Crippen LogP contribution in [0, 0.1) is 0 Å². The highest BCUT2D eigenvalue weighted by Gasteiger charge is 1.65. The molecule has 0 fully saturated rings. The Balaban J connectivity index is 0. The minimum absolute atomic E-state index is 0.833. The zero-order valence-electron chi connectivity index (χ0n) is 4.21. The second-order valence-electron chi connectivity index (χ2n) is 0.702. The number of hydrogen-bond donors (Lipinski definition) is 2. The molecule has 0 saturated heterocycles. The van der Waals surface area contributed by atoms with E-state index in [4.69, 9.17) is 15.2 Å². The van der Waals surface area contributed by atoms with Crippen LogP contribution >= 0.6 is 0 Å². The van der Waals surface area contributed by atoms with Gasteiger partial charge in [0.25, 0.3) is 5.97 Å². The van der Waals surface area contributed by atoms with Gasteiger partial charge in [-0.1, -0.05) is 0 Å². The van der Waals surface area contributed by atoms with Crippen LogP contribution in [0.1, 0.15) is 6.92 Å². The third-order valence-corrected chi connectivity index (χ3v) is 0. The fraction of sp³-hybridized carbons (Fsp3) is 0.667. The Morgan fingerprint density at radius 3 is 1.71 bits per heavy atom. The average molecular weight is 108 g/mol. The Labute approximate surface area is 41.3 Å². The molecule has 0 aliphatic rings. The van der Waals surface area contributed by atoms with Crippen molar-refractivity contribution in [1.82, 2.24) is 0 Å². The van der Waals surface area contributed by atoms with Gasteiger partial charge in [-0.2, -0.15) is 0 Å². The van der Waals surface area contributed by atoms with Crippen molar-refractivity contribution in [3.8, 4) is 0 Å². The third-order valence-electron chi connectivity index (χ3n) is 0. The van der Waals surface area contributed by atoms with Gasteiger partial charge in [-0.05, 0) is 0 Å². The van der Waals surface area contributed by atoms with Crippen LogP contribution in [0.25, 0.3) is 0 Å². The molecule has 0 spiro atoms. The lowest BCUT2D eigenvalue weighted by Gasteiger charge is -1.59. The molecule has 4 nitrogen and oxygen atoms in total. The summed E-state index contributed by atoms with van der Waals surface area (Å²) in [6.07, 6.45) is 0. The molecule has 0 saturated carbocycles. The van der Waals surface area contributed by atoms with Crippen LogP contribution in [-0.4, -0.2) is 23.4 Å². The van der Waals surface area contributed by atoms with Crippen LogP contribution < -0.4 is 0 Å². The predicted molar refractivity (Wildman–Crippen MR) is 22.9 cm³/mol. The maximum absolute atomic E-state index is 9.00. The zero-order valence-corrected chi connectivity index (χ0v) is 4.21. The van der Waals surface area contributed by atoms with Crippen molar-refractivity contribution >= 4 is 5.97 Å². The summed E-state index contributed by atoms with van der Waals surface area (Å²) in [5, 5.41) is 14.5. The summed E-state index contributed by atoms with van der Waals surface area (Å²) in [5.74, 6) is -0.833. The fourth-order valence-corrected chi connectivity index (χ4v) is 0. The lowest BCUT2D eigenvalue weighted by Crippen LogP contribution is -1.78. The molecule has 2 N–H and O–H groups in total. The first-order chi connectivity index (χ1) is 3.15. The summed E-state index contributed by atoms with van der Waals surface area (Å²) in [4.78, 5) is 12.2. The molecule has 44 valence electrons. The van der Waals surface area contributed by atoms with Crippen LogP contribution in [0.4, 0.5) is 0 Å². The van der Waals surface area contributed by atoms with Crippen molar-refractivity contribution in [3.05, 3.63) is 0 Å². The molecule has 0 atom stereocenters. The number of carboxylic acids is 1. The van der Waals surface area contributed by atoms with Crippen molar-refractivity contribution in [2.45, 2.75) is 6.92 Å². The molecule has 0 aromatic carbocycles. The Kier molecular flexibility index (Phi) is 12.4. The highest BCUT2D eigenvalue weighted by Crippen LogP contribution is 1.42. The molecule has 0 aromatic rings. The van der Waals surface area contributed by atoms with Crippen LogP contribution in [0.2, 0.25) is 0 Å². The quantitative estimate of drug-likeness (QED) is 0.343. The van der Waals surface area contributed by atoms with Gasteiger partial charge in [-0.3, -0.25) is 10.1 Å². The monoisotopic (exact) mass is 108 g/mol. The van der Waals surface area contributed by atoms with Crippen molar-refractivity contribution in [1.29, 1.82) is 0 Å². The van der Waals surface area contributed by atoms with Crippen molar-refractivity contribution in [3.63, 3.8) is 0 Å². The number of rotatable bonds is 0. The van der Waals surface area contributed by atoms with E-state index in [-0.39, 0.29) is 0 Å². The summed E-state index contributed by atoms with van der Waals surface area (Å²) in [6.45, 7) is 1.08. The molecule has 7 heavy (non-hydrogen) atoms. The van der Waals surface area contributed by atoms with Gasteiger partial charge in [0.2, 0.25) is 0 Å². The van der Waals surface area contributed by atoms with E-state index in [0.29, 0.717) is 0 Å². The molecule has 0 unspecified atom stereocenters. The maximum Gasteiger partial charge on any atom is 0.300 e. The van der Waals surface area contributed by atoms with E-state index >= 15 is 0 Å². The molecule has 0 heterocycles. The third kappa shape index (κ3) is 166. The van der Waals surface area contributed by atoms with E-state index in [2.05, 4.69) is 4.89 Å². The van der Waals surface area contributed by atoms with E-state index in [9.17, 15) is 0 Å². The Bertz CT molecular complexity index is 38.2. The Morgan fingerprint density at radius 2 is 1.71 bits per heavy atom. The Hall–Kier alpha value is -0.610. The van der Waals surface area contributed by atoms with Gasteiger partial charge in [0.1, 0.15) is 0 Å². The first-order valence-electron chi connectivity index (χ1n) is 1.52. The largest absolute Gasteiger partial charge is 0.481 e. The first kappa shape index (κ1) is 9.63. The van der Waals surface area contributed by atoms with Gasteiger partial charge in [0.05, 0.1) is 7.11 Å². The second-order valence-corrected chi connectivity index (χ2v) is 0.702. The molecule has 0 amide bonds. The topological polar surface area (TPSA) is 66.8 Å². The van der Waals surface area contributed by atoms with E-state index in [1.807, 2.05) is 0 Å².